The van der Waals surface area contributed by atoms with Gasteiger partial charge in [-0.15, -0.1) is 10.2 Å². The predicted molar refractivity (Wildman–Crippen MR) is 69.0 cm³/mol. The summed E-state index contributed by atoms with van der Waals surface area (Å²) in [5.41, 5.74) is 5.27. The quantitative estimate of drug-likeness (QED) is 0.880. The summed E-state index contributed by atoms with van der Waals surface area (Å²) in [5.74, 6) is 0.794. The molecule has 0 aliphatic heterocycles. The number of nitrogens with one attached hydrogen (secondary N) is 1. The largest absolute Gasteiger partial charge is 0.350 e. The molecular formula is C13H18N4. The SMILES string of the molecule is Cc1cc(C)c(CNc2nncn2C)cc1C. The van der Waals surface area contributed by atoms with Crippen molar-refractivity contribution in [3.8, 4) is 0 Å². The second-order valence-corrected chi connectivity index (χ2v) is 4.48. The fraction of sp³-hybridized carbons (Fsp3) is 0.385. The molecule has 0 saturated carbocycles. The number of aryl methyl sites for hydroxylation is 4. The van der Waals surface area contributed by atoms with E-state index in [0.717, 1.165) is 12.5 Å². The van der Waals surface area contributed by atoms with Gasteiger partial charge in [0.1, 0.15) is 6.33 Å². The third-order valence-electron chi connectivity index (χ3n) is 3.10. The lowest BCUT2D eigenvalue weighted by Crippen LogP contribution is -2.06. The third-order valence-corrected chi connectivity index (χ3v) is 3.10. The molecule has 1 aromatic heterocycles. The van der Waals surface area contributed by atoms with Crippen molar-refractivity contribution in [2.45, 2.75) is 27.3 Å². The monoisotopic (exact) mass is 230 g/mol. The van der Waals surface area contributed by atoms with Crippen molar-refractivity contribution in [2.75, 3.05) is 5.32 Å². The Morgan fingerprint density at radius 1 is 1.12 bits per heavy atom. The van der Waals surface area contributed by atoms with Gasteiger partial charge in [-0.2, -0.15) is 0 Å². The van der Waals surface area contributed by atoms with Crippen LogP contribution in [0.4, 0.5) is 5.95 Å². The number of aromatic nitrogens is 3. The molecule has 0 fully saturated rings. The molecule has 0 radical (unpaired) electrons. The van der Waals surface area contributed by atoms with Gasteiger partial charge in [-0.25, -0.2) is 0 Å². The maximum atomic E-state index is 4.00. The summed E-state index contributed by atoms with van der Waals surface area (Å²) in [5, 5.41) is 11.1. The number of anilines is 1. The number of rotatable bonds is 3. The van der Waals surface area contributed by atoms with Gasteiger partial charge in [-0.1, -0.05) is 12.1 Å². The summed E-state index contributed by atoms with van der Waals surface area (Å²) >= 11 is 0. The van der Waals surface area contributed by atoms with Crippen molar-refractivity contribution in [1.82, 2.24) is 14.8 Å². The second-order valence-electron chi connectivity index (χ2n) is 4.48. The van der Waals surface area contributed by atoms with Gasteiger partial charge < -0.3 is 9.88 Å². The van der Waals surface area contributed by atoms with Crippen LogP contribution >= 0.6 is 0 Å². The molecule has 1 aromatic carbocycles. The zero-order valence-corrected chi connectivity index (χ0v) is 10.8. The topological polar surface area (TPSA) is 42.7 Å². The van der Waals surface area contributed by atoms with E-state index in [4.69, 9.17) is 0 Å². The highest BCUT2D eigenvalue weighted by Gasteiger charge is 2.04. The molecule has 0 unspecified atom stereocenters. The van der Waals surface area contributed by atoms with E-state index in [9.17, 15) is 0 Å². The predicted octanol–water partition coefficient (Wildman–Crippen LogP) is 2.35. The summed E-state index contributed by atoms with van der Waals surface area (Å²) in [7, 11) is 1.93. The van der Waals surface area contributed by atoms with E-state index in [-0.39, 0.29) is 0 Å². The number of hydrogen-bond donors (Lipinski definition) is 1. The first-order chi connectivity index (χ1) is 8.08. The number of hydrogen-bond acceptors (Lipinski definition) is 3. The Bertz CT molecular complexity index is 528. The Kier molecular flexibility index (Phi) is 3.13. The van der Waals surface area contributed by atoms with Gasteiger partial charge in [0.2, 0.25) is 5.95 Å². The summed E-state index contributed by atoms with van der Waals surface area (Å²) < 4.78 is 1.87. The van der Waals surface area contributed by atoms with E-state index in [0.29, 0.717) is 0 Å². The Morgan fingerprint density at radius 3 is 2.47 bits per heavy atom. The lowest BCUT2D eigenvalue weighted by atomic mass is 10.0. The van der Waals surface area contributed by atoms with Crippen molar-refractivity contribution in [1.29, 1.82) is 0 Å². The van der Waals surface area contributed by atoms with E-state index >= 15 is 0 Å². The Hall–Kier alpha value is -1.84. The summed E-state index contributed by atoms with van der Waals surface area (Å²) in [4.78, 5) is 0. The first-order valence-electron chi connectivity index (χ1n) is 5.72. The van der Waals surface area contributed by atoms with Crippen LogP contribution < -0.4 is 5.32 Å². The van der Waals surface area contributed by atoms with Crippen LogP contribution in [-0.4, -0.2) is 14.8 Å². The van der Waals surface area contributed by atoms with Crippen LogP contribution in [0.3, 0.4) is 0 Å². The van der Waals surface area contributed by atoms with Crippen LogP contribution in [0.25, 0.3) is 0 Å². The van der Waals surface area contributed by atoms with Gasteiger partial charge in [0.15, 0.2) is 0 Å². The minimum absolute atomic E-state index is 0.777. The number of benzene rings is 1. The van der Waals surface area contributed by atoms with Gasteiger partial charge in [-0.3, -0.25) is 0 Å². The molecular weight excluding hydrogens is 212 g/mol. The minimum atomic E-state index is 0.777. The highest BCUT2D eigenvalue weighted by atomic mass is 15.3. The average molecular weight is 230 g/mol. The van der Waals surface area contributed by atoms with Gasteiger partial charge in [-0.05, 0) is 43.0 Å². The van der Waals surface area contributed by atoms with Crippen LogP contribution in [0.2, 0.25) is 0 Å². The molecule has 2 aromatic rings. The Labute approximate surface area is 102 Å². The Morgan fingerprint density at radius 2 is 1.82 bits per heavy atom. The molecule has 1 N–H and O–H groups in total. The minimum Gasteiger partial charge on any atom is -0.350 e. The van der Waals surface area contributed by atoms with Crippen LogP contribution in [0.1, 0.15) is 22.3 Å². The van der Waals surface area contributed by atoms with Crippen molar-refractivity contribution in [3.05, 3.63) is 40.7 Å². The molecule has 1 heterocycles. The molecule has 4 nitrogen and oxygen atoms in total. The summed E-state index contributed by atoms with van der Waals surface area (Å²) in [6.45, 7) is 7.20. The first kappa shape index (κ1) is 11.6. The molecule has 0 bridgehead atoms. The molecule has 0 saturated heterocycles. The van der Waals surface area contributed by atoms with E-state index in [1.165, 1.54) is 22.3 Å². The zero-order valence-electron chi connectivity index (χ0n) is 10.8. The van der Waals surface area contributed by atoms with Crippen LogP contribution in [-0.2, 0) is 13.6 Å². The lowest BCUT2D eigenvalue weighted by molar-refractivity contribution is 0.896. The Balaban J connectivity index is 2.14. The zero-order chi connectivity index (χ0) is 12.4. The standard InChI is InChI=1S/C13H18N4/c1-9-5-11(3)12(6-10(9)2)7-14-13-16-15-8-17(13)4/h5-6,8H,7H2,1-4H3,(H,14,16). The maximum absolute atomic E-state index is 4.00. The van der Waals surface area contributed by atoms with E-state index in [2.05, 4.69) is 48.4 Å². The molecule has 0 amide bonds. The van der Waals surface area contributed by atoms with Gasteiger partial charge in [0, 0.05) is 13.6 Å². The number of nitrogens with zero attached hydrogens (tertiary/aromatic N) is 3. The maximum Gasteiger partial charge on any atom is 0.224 e. The molecule has 2 rings (SSSR count). The van der Waals surface area contributed by atoms with Gasteiger partial charge in [0.05, 0.1) is 0 Å². The fourth-order valence-corrected chi connectivity index (χ4v) is 1.83. The van der Waals surface area contributed by atoms with Crippen molar-refractivity contribution in [2.24, 2.45) is 7.05 Å². The molecule has 0 aliphatic carbocycles. The molecule has 90 valence electrons. The lowest BCUT2D eigenvalue weighted by Gasteiger charge is -2.11. The van der Waals surface area contributed by atoms with Crippen LogP contribution in [0, 0.1) is 20.8 Å². The van der Waals surface area contributed by atoms with Crippen molar-refractivity contribution in [3.63, 3.8) is 0 Å². The third kappa shape index (κ3) is 2.46. The normalized spacial score (nSPS) is 10.6. The van der Waals surface area contributed by atoms with E-state index in [1.807, 2.05) is 11.6 Å². The first-order valence-corrected chi connectivity index (χ1v) is 5.72. The van der Waals surface area contributed by atoms with Crippen molar-refractivity contribution >= 4 is 5.95 Å². The van der Waals surface area contributed by atoms with E-state index < -0.39 is 0 Å². The molecule has 4 heteroatoms. The molecule has 0 atom stereocenters. The van der Waals surface area contributed by atoms with Crippen LogP contribution in [0.5, 0.6) is 0 Å². The molecule has 0 spiro atoms. The van der Waals surface area contributed by atoms with Gasteiger partial charge >= 0.3 is 0 Å². The molecule has 17 heavy (non-hydrogen) atoms. The van der Waals surface area contributed by atoms with Gasteiger partial charge in [0.25, 0.3) is 0 Å². The van der Waals surface area contributed by atoms with Crippen molar-refractivity contribution < 1.29 is 0 Å². The summed E-state index contributed by atoms with van der Waals surface area (Å²) in [6.07, 6.45) is 1.69. The highest BCUT2D eigenvalue weighted by Crippen LogP contribution is 2.16. The highest BCUT2D eigenvalue weighted by molar-refractivity contribution is 5.38. The molecule has 0 aliphatic rings. The summed E-state index contributed by atoms with van der Waals surface area (Å²) in [6, 6.07) is 4.46. The smallest absolute Gasteiger partial charge is 0.224 e. The average Bonchev–Trinajstić information content (AvgIpc) is 2.68. The second kappa shape index (κ2) is 4.57. The van der Waals surface area contributed by atoms with E-state index in [1.54, 1.807) is 6.33 Å². The van der Waals surface area contributed by atoms with Crippen LogP contribution in [0.15, 0.2) is 18.5 Å². The fourth-order valence-electron chi connectivity index (χ4n) is 1.83.